The van der Waals surface area contributed by atoms with Crippen LogP contribution in [0.1, 0.15) is 37.0 Å². The van der Waals surface area contributed by atoms with Crippen LogP contribution in [0.5, 0.6) is 0 Å². The van der Waals surface area contributed by atoms with E-state index in [9.17, 15) is 4.79 Å². The molecule has 2 aliphatic rings. The summed E-state index contributed by atoms with van der Waals surface area (Å²) in [6, 6.07) is 9.89. The average Bonchev–Trinajstić information content (AvgIpc) is 3.20. The van der Waals surface area contributed by atoms with Crippen molar-refractivity contribution in [2.45, 2.75) is 39.0 Å². The fourth-order valence-corrected chi connectivity index (χ4v) is 4.98. The van der Waals surface area contributed by atoms with E-state index >= 15 is 4.39 Å². The van der Waals surface area contributed by atoms with Crippen molar-refractivity contribution in [1.82, 2.24) is 10.1 Å². The molecule has 1 amide bonds. The molecular weight excluding hydrogens is 407 g/mol. The normalized spacial score (nSPS) is 18.6. The van der Waals surface area contributed by atoms with Crippen LogP contribution < -0.4 is 10.2 Å². The van der Waals surface area contributed by atoms with Gasteiger partial charge in [0.15, 0.2) is 11.4 Å². The number of carbonyl (C=O) groups excluding carboxylic acids is 1. The number of anilines is 2. The number of rotatable bonds is 4. The number of fused-ring (bicyclic) bond motifs is 2. The van der Waals surface area contributed by atoms with Gasteiger partial charge in [-0.3, -0.25) is 9.69 Å². The van der Waals surface area contributed by atoms with Gasteiger partial charge in [0.25, 0.3) is 0 Å². The summed E-state index contributed by atoms with van der Waals surface area (Å²) in [5, 5.41) is 8.20. The van der Waals surface area contributed by atoms with Crippen LogP contribution in [0, 0.1) is 12.7 Å². The van der Waals surface area contributed by atoms with Crippen LogP contribution in [-0.2, 0) is 16.6 Å². The molecule has 0 aliphatic carbocycles. The molecule has 1 fully saturated rings. The van der Waals surface area contributed by atoms with Gasteiger partial charge in [-0.2, -0.15) is 0 Å². The summed E-state index contributed by atoms with van der Waals surface area (Å²) >= 11 is 0. The molecule has 0 bridgehead atoms. The van der Waals surface area contributed by atoms with Crippen molar-refractivity contribution >= 4 is 28.4 Å². The van der Waals surface area contributed by atoms with E-state index in [1.807, 2.05) is 30.3 Å². The lowest BCUT2D eigenvalue weighted by molar-refractivity contribution is -0.117. The van der Waals surface area contributed by atoms with Gasteiger partial charge in [-0.25, -0.2) is 4.39 Å². The lowest BCUT2D eigenvalue weighted by atomic mass is 9.76. The first-order chi connectivity index (χ1) is 15.3. The predicted octanol–water partition coefficient (Wildman–Crippen LogP) is 4.26. The van der Waals surface area contributed by atoms with E-state index in [0.717, 1.165) is 60.6 Å². The molecule has 1 saturated heterocycles. The minimum atomic E-state index is -0.295. The Balaban J connectivity index is 1.26. The van der Waals surface area contributed by atoms with Crippen molar-refractivity contribution in [2.24, 2.45) is 0 Å². The molecule has 0 spiro atoms. The van der Waals surface area contributed by atoms with Gasteiger partial charge in [-0.05, 0) is 36.6 Å². The van der Waals surface area contributed by atoms with Crippen LogP contribution in [0.25, 0.3) is 11.0 Å². The quantitative estimate of drug-likeness (QED) is 0.662. The van der Waals surface area contributed by atoms with Gasteiger partial charge in [0.2, 0.25) is 5.91 Å². The third-order valence-electron chi connectivity index (χ3n) is 6.90. The Hall–Kier alpha value is -2.93. The number of benzene rings is 2. The number of para-hydroxylation sites is 1. The van der Waals surface area contributed by atoms with Crippen molar-refractivity contribution in [3.8, 4) is 0 Å². The lowest BCUT2D eigenvalue weighted by Gasteiger charge is -2.35. The van der Waals surface area contributed by atoms with Gasteiger partial charge in [0.05, 0.1) is 11.1 Å². The molecule has 0 saturated carbocycles. The monoisotopic (exact) mass is 436 g/mol. The molecule has 0 unspecified atom stereocenters. The van der Waals surface area contributed by atoms with Crippen molar-refractivity contribution in [3.63, 3.8) is 0 Å². The second-order valence-electron chi connectivity index (χ2n) is 9.59. The molecule has 6 nitrogen and oxygen atoms in total. The van der Waals surface area contributed by atoms with Crippen LogP contribution in [0.2, 0.25) is 0 Å². The standard InChI is InChI=1S/C25H29FN4O2/c1-16-22(26)17(14-19-23(16)27-21(31)15-25(19,2)3)8-9-29-10-12-30(13-11-29)24-18-6-4-5-7-20(18)32-28-24/h4-7,14H,8-13,15H2,1-3H3,(H,27,31). The number of carbonyl (C=O) groups is 1. The average molecular weight is 437 g/mol. The van der Waals surface area contributed by atoms with E-state index in [-0.39, 0.29) is 17.1 Å². The maximum absolute atomic E-state index is 15.1. The maximum Gasteiger partial charge on any atom is 0.225 e. The zero-order valence-electron chi connectivity index (χ0n) is 18.9. The van der Waals surface area contributed by atoms with E-state index in [2.05, 4.69) is 34.1 Å². The topological polar surface area (TPSA) is 61.6 Å². The summed E-state index contributed by atoms with van der Waals surface area (Å²) < 4.78 is 20.6. The largest absolute Gasteiger partial charge is 0.354 e. The van der Waals surface area contributed by atoms with E-state index < -0.39 is 0 Å². The summed E-state index contributed by atoms with van der Waals surface area (Å²) in [5.41, 5.74) is 3.48. The van der Waals surface area contributed by atoms with Crippen molar-refractivity contribution in [2.75, 3.05) is 42.9 Å². The molecule has 1 aromatic heterocycles. The number of nitrogens with one attached hydrogen (secondary N) is 1. The SMILES string of the molecule is Cc1c(F)c(CCN2CCN(c3noc4ccccc34)CC2)cc2c1NC(=O)CC2(C)C. The van der Waals surface area contributed by atoms with Crippen LogP contribution in [0.15, 0.2) is 34.9 Å². The molecule has 3 aromatic rings. The van der Waals surface area contributed by atoms with E-state index in [4.69, 9.17) is 4.52 Å². The first kappa shape index (κ1) is 20.9. The van der Waals surface area contributed by atoms with Crippen LogP contribution >= 0.6 is 0 Å². The molecular formula is C25H29FN4O2. The van der Waals surface area contributed by atoms with Gasteiger partial charge in [0, 0.05) is 50.1 Å². The van der Waals surface area contributed by atoms with Gasteiger partial charge in [0.1, 0.15) is 5.82 Å². The highest BCUT2D eigenvalue weighted by Gasteiger charge is 2.34. The highest BCUT2D eigenvalue weighted by molar-refractivity contribution is 5.96. The first-order valence-electron chi connectivity index (χ1n) is 11.3. The van der Waals surface area contributed by atoms with Gasteiger partial charge >= 0.3 is 0 Å². The molecule has 1 N–H and O–H groups in total. The number of aromatic nitrogens is 1. The highest BCUT2D eigenvalue weighted by atomic mass is 19.1. The summed E-state index contributed by atoms with van der Waals surface area (Å²) in [7, 11) is 0. The summed E-state index contributed by atoms with van der Waals surface area (Å²) in [6.07, 6.45) is 1.07. The zero-order valence-corrected chi connectivity index (χ0v) is 18.9. The van der Waals surface area contributed by atoms with Gasteiger partial charge in [-0.1, -0.05) is 37.2 Å². The summed E-state index contributed by atoms with van der Waals surface area (Å²) in [4.78, 5) is 16.7. The highest BCUT2D eigenvalue weighted by Crippen LogP contribution is 2.41. The predicted molar refractivity (Wildman–Crippen MR) is 124 cm³/mol. The molecule has 32 heavy (non-hydrogen) atoms. The second-order valence-corrected chi connectivity index (χ2v) is 9.59. The Morgan fingerprint density at radius 3 is 2.72 bits per heavy atom. The summed E-state index contributed by atoms with van der Waals surface area (Å²) in [6.45, 7) is 10.2. The Morgan fingerprint density at radius 1 is 1.19 bits per heavy atom. The molecule has 0 radical (unpaired) electrons. The Kier molecular flexibility index (Phi) is 5.16. The fourth-order valence-electron chi connectivity index (χ4n) is 4.98. The maximum atomic E-state index is 15.1. The number of halogens is 1. The van der Waals surface area contributed by atoms with Gasteiger partial charge in [-0.15, -0.1) is 0 Å². The number of piperazine rings is 1. The second kappa shape index (κ2) is 7.89. The molecule has 168 valence electrons. The van der Waals surface area contributed by atoms with Crippen LogP contribution in [0.4, 0.5) is 15.9 Å². The Morgan fingerprint density at radius 2 is 1.94 bits per heavy atom. The molecule has 0 atom stereocenters. The van der Waals surface area contributed by atoms with Crippen molar-refractivity contribution < 1.29 is 13.7 Å². The smallest absolute Gasteiger partial charge is 0.225 e. The Labute approximate surface area is 187 Å². The number of hydrogen-bond acceptors (Lipinski definition) is 5. The van der Waals surface area contributed by atoms with Crippen LogP contribution in [0.3, 0.4) is 0 Å². The molecule has 2 aliphatic heterocycles. The number of hydrogen-bond donors (Lipinski definition) is 1. The number of nitrogens with zero attached hydrogens (tertiary/aromatic N) is 3. The third kappa shape index (κ3) is 3.64. The summed E-state index contributed by atoms with van der Waals surface area (Å²) in [5.74, 6) is 0.658. The molecule has 5 rings (SSSR count). The van der Waals surface area contributed by atoms with Crippen LogP contribution in [-0.4, -0.2) is 48.7 Å². The van der Waals surface area contributed by atoms with E-state index in [0.29, 0.717) is 24.1 Å². The molecule has 3 heterocycles. The van der Waals surface area contributed by atoms with Gasteiger partial charge < -0.3 is 14.7 Å². The fraction of sp³-hybridized carbons (Fsp3) is 0.440. The van der Waals surface area contributed by atoms with Crippen molar-refractivity contribution in [3.05, 3.63) is 52.8 Å². The lowest BCUT2D eigenvalue weighted by Crippen LogP contribution is -2.47. The minimum absolute atomic E-state index is 0.0458. The molecule has 7 heteroatoms. The molecule has 2 aromatic carbocycles. The Bertz CT molecular complexity index is 1180. The zero-order chi connectivity index (χ0) is 22.5. The minimum Gasteiger partial charge on any atom is -0.354 e. The van der Waals surface area contributed by atoms with E-state index in [1.165, 1.54) is 0 Å². The van der Waals surface area contributed by atoms with E-state index in [1.54, 1.807) is 6.92 Å². The third-order valence-corrected chi connectivity index (χ3v) is 6.90. The van der Waals surface area contributed by atoms with Crippen molar-refractivity contribution in [1.29, 1.82) is 0 Å². The number of amides is 1. The first-order valence-corrected chi connectivity index (χ1v) is 11.3.